The lowest BCUT2D eigenvalue weighted by molar-refractivity contribution is 0.192. The summed E-state index contributed by atoms with van der Waals surface area (Å²) in [7, 11) is 0. The number of aromatic nitrogens is 4. The summed E-state index contributed by atoms with van der Waals surface area (Å²) < 4.78 is 3.66. The smallest absolute Gasteiger partial charge is 0.101 e. The van der Waals surface area contributed by atoms with Crippen LogP contribution in [0.1, 0.15) is 37.3 Å². The second kappa shape index (κ2) is 7.09. The van der Waals surface area contributed by atoms with Crippen LogP contribution in [0.4, 0.5) is 0 Å². The maximum Gasteiger partial charge on any atom is 0.101 e. The average molecular weight is 356 g/mol. The Morgan fingerprint density at radius 3 is 2.64 bits per heavy atom. The summed E-state index contributed by atoms with van der Waals surface area (Å²) >= 11 is 6.09. The van der Waals surface area contributed by atoms with E-state index in [0.717, 1.165) is 11.3 Å². The summed E-state index contributed by atoms with van der Waals surface area (Å²) in [4.78, 5) is 0. The van der Waals surface area contributed by atoms with Gasteiger partial charge in [0.1, 0.15) is 6.07 Å². The summed E-state index contributed by atoms with van der Waals surface area (Å²) in [5.41, 5.74) is 2.76. The van der Waals surface area contributed by atoms with Gasteiger partial charge in [-0.25, -0.2) is 0 Å². The summed E-state index contributed by atoms with van der Waals surface area (Å²) in [6, 6.07) is 11.1. The molecule has 7 heteroatoms. The van der Waals surface area contributed by atoms with Crippen LogP contribution in [0.5, 0.6) is 0 Å². The molecule has 3 rings (SSSR count). The highest BCUT2D eigenvalue weighted by molar-refractivity contribution is 6.32. The fraction of sp³-hybridized carbons (Fsp3) is 0.278. The molecule has 0 aliphatic rings. The van der Waals surface area contributed by atoms with Crippen molar-refractivity contribution in [2.75, 3.05) is 0 Å². The number of hydrogen-bond acceptors (Lipinski definition) is 4. The van der Waals surface area contributed by atoms with Crippen molar-refractivity contribution in [2.24, 2.45) is 0 Å². The predicted molar refractivity (Wildman–Crippen MR) is 95.0 cm³/mol. The van der Waals surface area contributed by atoms with Gasteiger partial charge in [-0.2, -0.15) is 15.5 Å². The zero-order chi connectivity index (χ0) is 18.0. The Morgan fingerprint density at radius 1 is 1.20 bits per heavy atom. The van der Waals surface area contributed by atoms with Crippen molar-refractivity contribution < 1.29 is 5.11 Å². The van der Waals surface area contributed by atoms with Crippen molar-refractivity contribution in [1.29, 1.82) is 5.26 Å². The SMILES string of the molecule is CC(O)c1ccn(C[C@@H](C)n2ccc(-c3ccc(C#N)c(Cl)c3)n2)n1. The molecule has 0 spiro atoms. The van der Waals surface area contributed by atoms with E-state index in [4.69, 9.17) is 16.9 Å². The van der Waals surface area contributed by atoms with E-state index in [9.17, 15) is 5.11 Å². The maximum absolute atomic E-state index is 9.55. The number of nitriles is 1. The monoisotopic (exact) mass is 355 g/mol. The Morgan fingerprint density at radius 2 is 2.00 bits per heavy atom. The van der Waals surface area contributed by atoms with E-state index in [1.165, 1.54) is 0 Å². The molecule has 0 amide bonds. The minimum atomic E-state index is -0.575. The van der Waals surface area contributed by atoms with Gasteiger partial charge < -0.3 is 5.11 Å². The Balaban J connectivity index is 1.76. The first kappa shape index (κ1) is 17.2. The largest absolute Gasteiger partial charge is 0.387 e. The van der Waals surface area contributed by atoms with E-state index >= 15 is 0 Å². The number of hydrogen-bond donors (Lipinski definition) is 1. The standard InChI is InChI=1S/C18H18ClN5O/c1-12(11-23-7-5-17(21-23)13(2)25)24-8-6-18(22-24)14-3-4-15(10-20)16(19)9-14/h3-9,12-13,25H,11H2,1-2H3/t12-,13?/m1/s1. The molecule has 0 aliphatic carbocycles. The van der Waals surface area contributed by atoms with Gasteiger partial charge in [0.05, 0.1) is 40.7 Å². The topological polar surface area (TPSA) is 79.7 Å². The van der Waals surface area contributed by atoms with Crippen molar-refractivity contribution in [1.82, 2.24) is 19.6 Å². The van der Waals surface area contributed by atoms with Crippen LogP contribution in [0, 0.1) is 11.3 Å². The molecule has 25 heavy (non-hydrogen) atoms. The van der Waals surface area contributed by atoms with E-state index in [0.29, 0.717) is 22.8 Å². The Bertz CT molecular complexity index is 922. The number of rotatable bonds is 5. The summed E-state index contributed by atoms with van der Waals surface area (Å²) in [5.74, 6) is 0. The molecule has 0 aliphatic heterocycles. The number of nitrogens with zero attached hydrogens (tertiary/aromatic N) is 5. The molecule has 2 atom stereocenters. The Kier molecular flexibility index (Phi) is 4.88. The lowest BCUT2D eigenvalue weighted by atomic mass is 10.1. The minimum Gasteiger partial charge on any atom is -0.387 e. The molecule has 0 bridgehead atoms. The lowest BCUT2D eigenvalue weighted by Crippen LogP contribution is -2.14. The molecule has 6 nitrogen and oxygen atoms in total. The third-order valence-corrected chi connectivity index (χ3v) is 4.30. The third kappa shape index (κ3) is 3.73. The fourth-order valence-corrected chi connectivity index (χ4v) is 2.78. The Labute approximate surface area is 150 Å². The molecule has 0 saturated carbocycles. The second-order valence-electron chi connectivity index (χ2n) is 5.98. The van der Waals surface area contributed by atoms with E-state index in [2.05, 4.69) is 10.2 Å². The van der Waals surface area contributed by atoms with Crippen LogP contribution in [0.3, 0.4) is 0 Å². The molecular weight excluding hydrogens is 338 g/mol. The first-order valence-corrected chi connectivity index (χ1v) is 8.32. The number of aliphatic hydroxyl groups is 1. The van der Waals surface area contributed by atoms with Gasteiger partial charge in [-0.15, -0.1) is 0 Å². The molecule has 3 aromatic rings. The van der Waals surface area contributed by atoms with Gasteiger partial charge in [0.25, 0.3) is 0 Å². The highest BCUT2D eigenvalue weighted by Gasteiger charge is 2.12. The number of benzene rings is 1. The summed E-state index contributed by atoms with van der Waals surface area (Å²) in [5, 5.41) is 27.9. The van der Waals surface area contributed by atoms with Crippen molar-refractivity contribution in [3.05, 3.63) is 59.0 Å². The molecule has 1 aromatic carbocycles. The van der Waals surface area contributed by atoms with Crippen LogP contribution in [0.15, 0.2) is 42.7 Å². The van der Waals surface area contributed by atoms with Gasteiger partial charge in [-0.1, -0.05) is 17.7 Å². The molecule has 2 aromatic heterocycles. The van der Waals surface area contributed by atoms with Crippen LogP contribution in [0.25, 0.3) is 11.3 Å². The van der Waals surface area contributed by atoms with Crippen molar-refractivity contribution in [3.63, 3.8) is 0 Å². The zero-order valence-electron chi connectivity index (χ0n) is 14.0. The third-order valence-electron chi connectivity index (χ3n) is 3.99. The van der Waals surface area contributed by atoms with E-state index in [-0.39, 0.29) is 6.04 Å². The molecule has 0 radical (unpaired) electrons. The lowest BCUT2D eigenvalue weighted by Gasteiger charge is -2.12. The molecule has 1 N–H and O–H groups in total. The van der Waals surface area contributed by atoms with Gasteiger partial charge >= 0.3 is 0 Å². The maximum atomic E-state index is 9.55. The van der Waals surface area contributed by atoms with Crippen LogP contribution in [-0.4, -0.2) is 24.7 Å². The van der Waals surface area contributed by atoms with Crippen LogP contribution in [0.2, 0.25) is 5.02 Å². The van der Waals surface area contributed by atoms with Crippen LogP contribution >= 0.6 is 11.6 Å². The van der Waals surface area contributed by atoms with Gasteiger partial charge in [0.15, 0.2) is 0 Å². The Hall–Kier alpha value is -2.62. The fourth-order valence-electron chi connectivity index (χ4n) is 2.56. The van der Waals surface area contributed by atoms with E-state index in [1.807, 2.05) is 48.3 Å². The number of aliphatic hydroxyl groups excluding tert-OH is 1. The van der Waals surface area contributed by atoms with Crippen LogP contribution in [-0.2, 0) is 6.54 Å². The molecule has 0 fully saturated rings. The van der Waals surface area contributed by atoms with Gasteiger partial charge in [0.2, 0.25) is 0 Å². The molecule has 0 saturated heterocycles. The van der Waals surface area contributed by atoms with Crippen molar-refractivity contribution >= 4 is 11.6 Å². The van der Waals surface area contributed by atoms with Gasteiger partial charge in [0, 0.05) is 18.0 Å². The van der Waals surface area contributed by atoms with Gasteiger partial charge in [-0.3, -0.25) is 9.36 Å². The quantitative estimate of drug-likeness (QED) is 0.758. The molecular formula is C18H18ClN5O. The van der Waals surface area contributed by atoms with E-state index < -0.39 is 6.10 Å². The second-order valence-corrected chi connectivity index (χ2v) is 6.38. The predicted octanol–water partition coefficient (Wildman–Crippen LogP) is 3.59. The number of halogens is 1. The first-order chi connectivity index (χ1) is 12.0. The zero-order valence-corrected chi connectivity index (χ0v) is 14.7. The van der Waals surface area contributed by atoms with Crippen LogP contribution < -0.4 is 0 Å². The summed E-state index contributed by atoms with van der Waals surface area (Å²) in [6.07, 6.45) is 3.18. The molecule has 2 heterocycles. The van der Waals surface area contributed by atoms with Crippen molar-refractivity contribution in [2.45, 2.75) is 32.5 Å². The highest BCUT2D eigenvalue weighted by Crippen LogP contribution is 2.25. The van der Waals surface area contributed by atoms with E-state index in [1.54, 1.807) is 23.7 Å². The normalized spacial score (nSPS) is 13.4. The first-order valence-electron chi connectivity index (χ1n) is 7.94. The average Bonchev–Trinajstić information content (AvgIpc) is 3.24. The minimum absolute atomic E-state index is 0.0874. The molecule has 1 unspecified atom stereocenters. The van der Waals surface area contributed by atoms with Gasteiger partial charge in [-0.05, 0) is 38.1 Å². The van der Waals surface area contributed by atoms with Crippen molar-refractivity contribution in [3.8, 4) is 17.3 Å². The highest BCUT2D eigenvalue weighted by atomic mass is 35.5. The molecule has 128 valence electrons. The summed E-state index contributed by atoms with van der Waals surface area (Å²) in [6.45, 7) is 4.38.